The molecule has 3 aromatic heterocycles. The predicted octanol–water partition coefficient (Wildman–Crippen LogP) is 4.02. The molecule has 1 aliphatic rings. The zero-order valence-corrected chi connectivity index (χ0v) is 16.6. The highest BCUT2D eigenvalue weighted by molar-refractivity contribution is 7.20. The number of anilines is 1. The number of nitrogens with zero attached hydrogens (tertiary/aromatic N) is 4. The molecule has 3 heterocycles. The summed E-state index contributed by atoms with van der Waals surface area (Å²) in [5.74, 6) is 1.06. The summed E-state index contributed by atoms with van der Waals surface area (Å²) in [5, 5.41) is 8.98. The molecule has 0 radical (unpaired) electrons. The Balaban J connectivity index is 1.60. The number of hydrogen-bond acceptors (Lipinski definition) is 7. The Bertz CT molecular complexity index is 988. The average molecular weight is 385 g/mol. The lowest BCUT2D eigenvalue weighted by Gasteiger charge is -2.09. The van der Waals surface area contributed by atoms with E-state index in [2.05, 4.69) is 32.2 Å². The van der Waals surface area contributed by atoms with E-state index in [1.807, 2.05) is 13.8 Å². The van der Waals surface area contributed by atoms with Gasteiger partial charge in [-0.25, -0.2) is 14.8 Å². The van der Waals surface area contributed by atoms with Gasteiger partial charge in [-0.15, -0.1) is 11.3 Å². The second-order valence-corrected chi connectivity index (χ2v) is 7.93. The van der Waals surface area contributed by atoms with Crippen LogP contribution in [0.4, 0.5) is 5.82 Å². The Kier molecular flexibility index (Phi) is 4.82. The van der Waals surface area contributed by atoms with E-state index < -0.39 is 0 Å². The number of fused-ring (bicyclic) bond motifs is 1. The van der Waals surface area contributed by atoms with Crippen molar-refractivity contribution in [2.24, 2.45) is 0 Å². The van der Waals surface area contributed by atoms with Crippen molar-refractivity contribution < 1.29 is 9.53 Å². The number of ether oxygens (including phenoxy) is 1. The second-order valence-electron chi connectivity index (χ2n) is 6.93. The summed E-state index contributed by atoms with van der Waals surface area (Å²) < 4.78 is 6.98. The summed E-state index contributed by atoms with van der Waals surface area (Å²) >= 11 is 1.34. The SMILES string of the molecule is COC(=O)c1sc2nc(C)nc(NCc3ccn(C4CCCC4)n3)c2c1C. The normalized spacial score (nSPS) is 14.8. The molecule has 0 amide bonds. The van der Waals surface area contributed by atoms with Gasteiger partial charge < -0.3 is 10.1 Å². The number of carbonyl (C=O) groups is 1. The summed E-state index contributed by atoms with van der Waals surface area (Å²) in [4.78, 5) is 22.4. The average Bonchev–Trinajstić information content (AvgIpc) is 3.39. The molecule has 7 nitrogen and oxygen atoms in total. The fraction of sp³-hybridized carbons (Fsp3) is 0.474. The molecule has 0 spiro atoms. The van der Waals surface area contributed by atoms with Crippen molar-refractivity contribution in [2.75, 3.05) is 12.4 Å². The lowest BCUT2D eigenvalue weighted by molar-refractivity contribution is 0.0605. The highest BCUT2D eigenvalue weighted by Gasteiger charge is 2.21. The van der Waals surface area contributed by atoms with Crippen LogP contribution >= 0.6 is 11.3 Å². The number of thiophene rings is 1. The number of methoxy groups -OCH3 is 1. The van der Waals surface area contributed by atoms with Crippen LogP contribution in [0.5, 0.6) is 0 Å². The van der Waals surface area contributed by atoms with E-state index in [1.54, 1.807) is 0 Å². The number of carbonyl (C=O) groups excluding carboxylic acids is 1. The van der Waals surface area contributed by atoms with Crippen LogP contribution in [0.15, 0.2) is 12.3 Å². The van der Waals surface area contributed by atoms with E-state index in [1.165, 1.54) is 44.1 Å². The standard InChI is InChI=1S/C19H23N5O2S/c1-11-15-17(21-12(2)22-18(15)27-16(11)19(25)26-3)20-10-13-8-9-24(23-13)14-6-4-5-7-14/h8-9,14H,4-7,10H2,1-3H3,(H,20,21,22). The Morgan fingerprint density at radius 3 is 2.85 bits per heavy atom. The van der Waals surface area contributed by atoms with Gasteiger partial charge in [0.15, 0.2) is 0 Å². The van der Waals surface area contributed by atoms with Crippen molar-refractivity contribution in [3.8, 4) is 0 Å². The van der Waals surface area contributed by atoms with Crippen LogP contribution in [0.1, 0.15) is 58.5 Å². The molecule has 4 rings (SSSR count). The molecule has 0 unspecified atom stereocenters. The number of aromatic nitrogens is 4. The van der Waals surface area contributed by atoms with Gasteiger partial charge in [-0.05, 0) is 38.3 Å². The number of hydrogen-bond donors (Lipinski definition) is 1. The second kappa shape index (κ2) is 7.26. The van der Waals surface area contributed by atoms with Crippen LogP contribution in [0.3, 0.4) is 0 Å². The van der Waals surface area contributed by atoms with Gasteiger partial charge in [-0.1, -0.05) is 12.8 Å². The number of esters is 1. The van der Waals surface area contributed by atoms with Gasteiger partial charge >= 0.3 is 5.97 Å². The third kappa shape index (κ3) is 3.41. The van der Waals surface area contributed by atoms with E-state index in [-0.39, 0.29) is 5.97 Å². The number of aryl methyl sites for hydroxylation is 2. The van der Waals surface area contributed by atoms with Gasteiger partial charge in [-0.2, -0.15) is 5.10 Å². The Morgan fingerprint density at radius 1 is 1.33 bits per heavy atom. The van der Waals surface area contributed by atoms with Crippen molar-refractivity contribution in [3.63, 3.8) is 0 Å². The van der Waals surface area contributed by atoms with Crippen molar-refractivity contribution >= 4 is 33.3 Å². The van der Waals surface area contributed by atoms with Crippen LogP contribution in [0.25, 0.3) is 10.2 Å². The molecule has 27 heavy (non-hydrogen) atoms. The first-order valence-corrected chi connectivity index (χ1v) is 10.0. The molecular formula is C19H23N5O2S. The zero-order chi connectivity index (χ0) is 19.0. The maximum absolute atomic E-state index is 12.0. The minimum absolute atomic E-state index is 0.339. The summed E-state index contributed by atoms with van der Waals surface area (Å²) in [6, 6.07) is 2.59. The van der Waals surface area contributed by atoms with Gasteiger partial charge in [-0.3, -0.25) is 4.68 Å². The molecule has 3 aromatic rings. The van der Waals surface area contributed by atoms with Crippen molar-refractivity contribution in [1.82, 2.24) is 19.7 Å². The fourth-order valence-corrected chi connectivity index (χ4v) is 4.82. The third-order valence-corrected chi connectivity index (χ3v) is 6.24. The van der Waals surface area contributed by atoms with Crippen molar-refractivity contribution in [3.05, 3.63) is 34.2 Å². The molecule has 0 aromatic carbocycles. The molecule has 1 fully saturated rings. The van der Waals surface area contributed by atoms with Crippen LogP contribution in [0.2, 0.25) is 0 Å². The van der Waals surface area contributed by atoms with E-state index >= 15 is 0 Å². The Hall–Kier alpha value is -2.48. The molecule has 0 atom stereocenters. The molecule has 1 N–H and O–H groups in total. The van der Waals surface area contributed by atoms with Gasteiger partial charge in [0.1, 0.15) is 21.3 Å². The largest absolute Gasteiger partial charge is 0.465 e. The minimum Gasteiger partial charge on any atom is -0.465 e. The molecule has 142 valence electrons. The Labute approximate surface area is 161 Å². The lowest BCUT2D eigenvalue weighted by Crippen LogP contribution is -2.08. The van der Waals surface area contributed by atoms with Gasteiger partial charge in [0.05, 0.1) is 30.8 Å². The first kappa shape index (κ1) is 17.9. The number of nitrogens with one attached hydrogen (secondary N) is 1. The topological polar surface area (TPSA) is 81.9 Å². The predicted molar refractivity (Wildman–Crippen MR) is 105 cm³/mol. The highest BCUT2D eigenvalue weighted by atomic mass is 32.1. The van der Waals surface area contributed by atoms with E-state index in [0.29, 0.717) is 23.3 Å². The first-order chi connectivity index (χ1) is 13.1. The summed E-state index contributed by atoms with van der Waals surface area (Å²) in [6.45, 7) is 4.34. The van der Waals surface area contributed by atoms with E-state index in [9.17, 15) is 4.79 Å². The van der Waals surface area contributed by atoms with Crippen LogP contribution < -0.4 is 5.32 Å². The summed E-state index contributed by atoms with van der Waals surface area (Å²) in [5.41, 5.74) is 1.83. The monoisotopic (exact) mass is 385 g/mol. The first-order valence-electron chi connectivity index (χ1n) is 9.20. The van der Waals surface area contributed by atoms with Gasteiger partial charge in [0.2, 0.25) is 0 Å². The fourth-order valence-electron chi connectivity index (χ4n) is 3.68. The van der Waals surface area contributed by atoms with E-state index in [0.717, 1.165) is 27.3 Å². The smallest absolute Gasteiger partial charge is 0.348 e. The van der Waals surface area contributed by atoms with Crippen LogP contribution in [-0.2, 0) is 11.3 Å². The zero-order valence-electron chi connectivity index (χ0n) is 15.8. The molecule has 8 heteroatoms. The van der Waals surface area contributed by atoms with Crippen LogP contribution in [0, 0.1) is 13.8 Å². The minimum atomic E-state index is -0.339. The quantitative estimate of drug-likeness (QED) is 0.668. The van der Waals surface area contributed by atoms with Gasteiger partial charge in [0, 0.05) is 6.20 Å². The highest BCUT2D eigenvalue weighted by Crippen LogP contribution is 2.34. The molecule has 0 aliphatic heterocycles. The molecule has 1 aliphatic carbocycles. The maximum atomic E-state index is 12.0. The van der Waals surface area contributed by atoms with Crippen LogP contribution in [-0.4, -0.2) is 32.8 Å². The van der Waals surface area contributed by atoms with Crippen molar-refractivity contribution in [1.29, 1.82) is 0 Å². The third-order valence-electron chi connectivity index (χ3n) is 5.07. The van der Waals surface area contributed by atoms with E-state index in [4.69, 9.17) is 9.84 Å². The maximum Gasteiger partial charge on any atom is 0.348 e. The molecule has 1 saturated carbocycles. The summed E-state index contributed by atoms with van der Waals surface area (Å²) in [7, 11) is 1.39. The van der Waals surface area contributed by atoms with Gasteiger partial charge in [0.25, 0.3) is 0 Å². The number of rotatable bonds is 5. The molecular weight excluding hydrogens is 362 g/mol. The van der Waals surface area contributed by atoms with Crippen molar-refractivity contribution in [2.45, 2.75) is 52.1 Å². The lowest BCUT2D eigenvalue weighted by atomic mass is 10.2. The Morgan fingerprint density at radius 2 is 2.11 bits per heavy atom. The molecule has 0 bridgehead atoms. The summed E-state index contributed by atoms with van der Waals surface area (Å²) in [6.07, 6.45) is 7.07. The molecule has 0 saturated heterocycles.